The third-order valence-electron chi connectivity index (χ3n) is 40.4. The van der Waals surface area contributed by atoms with Crippen LogP contribution in [0.5, 0.6) is 0 Å². The first-order chi connectivity index (χ1) is 52.8. The van der Waals surface area contributed by atoms with Crippen molar-refractivity contribution in [1.82, 2.24) is 5.32 Å². The first kappa shape index (κ1) is 86.8. The summed E-state index contributed by atoms with van der Waals surface area (Å²) < 4.78 is 0. The highest BCUT2D eigenvalue weighted by Gasteiger charge is 2.56. The smallest absolute Gasteiger partial charge is 0.223 e. The van der Waals surface area contributed by atoms with Crippen molar-refractivity contribution >= 4 is 5.91 Å². The molecular formula is C109H191NO. The topological polar surface area (TPSA) is 29.1 Å². The average Bonchev–Trinajstić information content (AvgIpc) is 1.64. The average molecular weight is 1530 g/mol. The molecule has 2 nitrogen and oxygen atoms in total. The highest BCUT2D eigenvalue weighted by Crippen LogP contribution is 2.66. The van der Waals surface area contributed by atoms with Crippen LogP contribution in [0.25, 0.3) is 0 Å². The molecule has 10 atom stereocenters. The molecule has 1 amide bonds. The molecule has 33 fully saturated rings. The van der Waals surface area contributed by atoms with Gasteiger partial charge in [0.05, 0.1) is 0 Å². The monoisotopic (exact) mass is 1530 g/mol. The highest BCUT2D eigenvalue weighted by molar-refractivity contribution is 5.79. The van der Waals surface area contributed by atoms with Gasteiger partial charge in [-0.05, 0) is 476 Å². The molecule has 638 valence electrons. The van der Waals surface area contributed by atoms with Crippen molar-refractivity contribution in [2.24, 2.45) is 193 Å². The van der Waals surface area contributed by atoms with Gasteiger partial charge in [0, 0.05) is 12.0 Å². The quantitative estimate of drug-likeness (QED) is 0.257. The van der Waals surface area contributed by atoms with E-state index in [9.17, 15) is 4.79 Å². The van der Waals surface area contributed by atoms with Crippen molar-refractivity contribution in [3.05, 3.63) is 0 Å². The van der Waals surface area contributed by atoms with E-state index < -0.39 is 0 Å². The second-order valence-corrected chi connectivity index (χ2v) is 50.9. The van der Waals surface area contributed by atoms with Crippen LogP contribution < -0.4 is 5.32 Å². The van der Waals surface area contributed by atoms with Crippen LogP contribution in [0, 0.1) is 193 Å². The van der Waals surface area contributed by atoms with Gasteiger partial charge in [-0.2, -0.15) is 0 Å². The van der Waals surface area contributed by atoms with Gasteiger partial charge in [0.15, 0.2) is 0 Å². The van der Waals surface area contributed by atoms with Crippen LogP contribution in [0.15, 0.2) is 0 Å². The van der Waals surface area contributed by atoms with Gasteiger partial charge in [-0.15, -0.1) is 0 Å². The van der Waals surface area contributed by atoms with Gasteiger partial charge >= 0.3 is 0 Å². The minimum absolute atomic E-state index is 0. The summed E-state index contributed by atoms with van der Waals surface area (Å²) in [7, 11) is 0. The van der Waals surface area contributed by atoms with Crippen LogP contribution in [0.4, 0.5) is 0 Å². The summed E-state index contributed by atoms with van der Waals surface area (Å²) in [6.07, 6.45) is 94.3. The van der Waals surface area contributed by atoms with Crippen LogP contribution in [-0.2, 0) is 4.79 Å². The van der Waals surface area contributed by atoms with E-state index >= 15 is 0 Å². The molecule has 2 heteroatoms. The predicted octanol–water partition coefficient (Wildman–Crippen LogP) is 32.9. The Morgan fingerprint density at radius 1 is 0.252 bits per heavy atom. The second kappa shape index (κ2) is 38.7. The molecule has 31 aliphatic carbocycles. The van der Waals surface area contributed by atoms with Gasteiger partial charge in [-0.25, -0.2) is 0 Å². The summed E-state index contributed by atoms with van der Waals surface area (Å²) >= 11 is 0. The molecule has 0 radical (unpaired) electrons. The van der Waals surface area contributed by atoms with Gasteiger partial charge in [0.25, 0.3) is 0 Å². The summed E-state index contributed by atoms with van der Waals surface area (Å²) in [5.74, 6) is 30.6. The molecule has 0 aromatic rings. The number of hydrogen-bond donors (Lipinski definition) is 1. The second-order valence-electron chi connectivity index (χ2n) is 50.9. The summed E-state index contributed by atoms with van der Waals surface area (Å²) in [5, 5.41) is 3.16. The Balaban J connectivity index is 0.000000101. The van der Waals surface area contributed by atoms with Crippen LogP contribution in [0.2, 0.25) is 0 Å². The Morgan fingerprint density at radius 3 is 0.757 bits per heavy atom. The van der Waals surface area contributed by atoms with E-state index in [0.717, 1.165) is 187 Å². The van der Waals surface area contributed by atoms with Crippen LogP contribution >= 0.6 is 0 Å². The fourth-order valence-electron chi connectivity index (χ4n) is 35.0. The standard InChI is InChI=1S/3C11H18.C10H15NO.C10H16.2C9H16.2C8H14.3C7H14.CH4/c2*1-11-5-8-2-9(6-11)4-10(3-8)7-11;1-7-10-3-8-2-9(5-10)6-11(7)4-8;12-10-8-2-6-1-7(3-8)5-9(4-6)11-10;1-10-5-7-2-8(6-10)4-9(10)3-7;2*1-9-5-2-8(3-6-9)4-7-9;2*1-6-4-7-2-3-8(6)5-7;3*1-7-5-3-2-4-6-7;/h2*8-10H,2-7H2,1H3;7-11H,2-6H2,1H3;6-9H,1-5H2,(H,11,12);7-9H,2-6H2,1H3;2*8H,2-7H2,1H3;2*6-8H,2-5H2,1H3;3*7H,2-6H2,1H3;1H4. The van der Waals surface area contributed by atoms with Crippen molar-refractivity contribution < 1.29 is 4.79 Å². The number of carbonyl (C=O) groups is 1. The molecule has 33 rings (SSSR count). The maximum atomic E-state index is 11.6. The lowest BCUT2D eigenvalue weighted by Crippen LogP contribution is -2.44. The summed E-state index contributed by atoms with van der Waals surface area (Å²) in [5.41, 5.74) is 4.00. The van der Waals surface area contributed by atoms with Crippen molar-refractivity contribution in [1.29, 1.82) is 0 Å². The van der Waals surface area contributed by atoms with Gasteiger partial charge in [0.2, 0.25) is 5.91 Å². The molecule has 10 unspecified atom stereocenters. The third-order valence-corrected chi connectivity index (χ3v) is 40.4. The van der Waals surface area contributed by atoms with Crippen molar-refractivity contribution in [3.63, 3.8) is 0 Å². The SMILES string of the molecule is C.CC12CC3CC(CC(C3)C1)C2.CC12CC3CC(CC(C3)C1)C2.CC12CC3CC(CC1C3)C2.CC12CCC(CC1)CC2.CC12CCC(CC1)CC2.CC1C2CC3CC(C2)CC1C3.CC1CC2CCC1C2.CC1CC2CCC1C2.CC1CCCCC1.CC1CCCCC1.CC1CCCCC1.O=C1NC2CC3CC(C2)CC1C3. The first-order valence-corrected chi connectivity index (χ1v) is 52.1. The van der Waals surface area contributed by atoms with Crippen LogP contribution in [0.1, 0.15) is 482 Å². The number of amides is 1. The molecular weight excluding hydrogens is 1340 g/mol. The molecule has 33 aliphatic rings. The fraction of sp³-hybridized carbons (Fsp3) is 0.991. The number of rotatable bonds is 0. The van der Waals surface area contributed by atoms with Gasteiger partial charge < -0.3 is 5.32 Å². The summed E-state index contributed by atoms with van der Waals surface area (Å²) in [6.45, 7) is 27.0. The molecule has 111 heavy (non-hydrogen) atoms. The van der Waals surface area contributed by atoms with Crippen LogP contribution in [0.3, 0.4) is 0 Å². The largest absolute Gasteiger partial charge is 0.353 e. The third kappa shape index (κ3) is 23.6. The molecule has 28 bridgehead atoms. The number of fused-ring (bicyclic) bond motifs is 11. The molecule has 2 heterocycles. The van der Waals surface area contributed by atoms with E-state index in [2.05, 4.69) is 81.5 Å². The summed E-state index contributed by atoms with van der Waals surface area (Å²) in [4.78, 5) is 11.6. The molecule has 31 saturated carbocycles. The minimum Gasteiger partial charge on any atom is -0.353 e. The normalized spacial score (nSPS) is 49.6. The van der Waals surface area contributed by atoms with Gasteiger partial charge in [-0.1, -0.05) is 193 Å². The molecule has 1 N–H and O–H groups in total. The van der Waals surface area contributed by atoms with Gasteiger partial charge in [0.1, 0.15) is 0 Å². The minimum atomic E-state index is 0. The molecule has 2 saturated heterocycles. The zero-order valence-electron chi connectivity index (χ0n) is 75.5. The summed E-state index contributed by atoms with van der Waals surface area (Å²) in [6, 6.07) is 0.536. The van der Waals surface area contributed by atoms with Crippen LogP contribution in [-0.4, -0.2) is 11.9 Å². The molecule has 0 aromatic heterocycles. The first-order valence-electron chi connectivity index (χ1n) is 52.1. The maximum Gasteiger partial charge on any atom is 0.223 e. The maximum absolute atomic E-state index is 11.6. The van der Waals surface area contributed by atoms with Crippen molar-refractivity contribution in [3.8, 4) is 0 Å². The lowest BCUT2D eigenvalue weighted by molar-refractivity contribution is -0.125. The molecule has 2 aliphatic heterocycles. The number of nitrogens with one attached hydrogen (secondary N) is 1. The fourth-order valence-corrected chi connectivity index (χ4v) is 35.0. The van der Waals surface area contributed by atoms with Crippen molar-refractivity contribution in [2.45, 2.75) is 488 Å². The van der Waals surface area contributed by atoms with E-state index in [-0.39, 0.29) is 7.43 Å². The zero-order valence-corrected chi connectivity index (χ0v) is 75.5. The Morgan fingerprint density at radius 2 is 0.541 bits per heavy atom. The Kier molecular flexibility index (Phi) is 30.3. The van der Waals surface area contributed by atoms with Crippen molar-refractivity contribution in [2.75, 3.05) is 0 Å². The van der Waals surface area contributed by atoms with E-state index in [0.29, 0.717) is 17.9 Å². The van der Waals surface area contributed by atoms with Gasteiger partial charge in [-0.3, -0.25) is 4.79 Å². The Labute approximate surface area is 692 Å². The Bertz CT molecular complexity index is 2470. The lowest BCUT2D eigenvalue weighted by Gasteiger charge is -2.55. The number of hydrogen-bond acceptors (Lipinski definition) is 1. The van der Waals surface area contributed by atoms with E-state index in [1.54, 1.807) is 193 Å². The zero-order chi connectivity index (χ0) is 76.4. The number of carbonyl (C=O) groups excluding carboxylic acids is 1. The predicted molar refractivity (Wildman–Crippen MR) is 477 cm³/mol. The lowest BCUT2D eigenvalue weighted by atomic mass is 9.50. The molecule has 0 aromatic carbocycles. The van der Waals surface area contributed by atoms with E-state index in [4.69, 9.17) is 0 Å². The Hall–Kier alpha value is -0.530. The molecule has 0 spiro atoms. The highest BCUT2D eigenvalue weighted by atomic mass is 16.2. The van der Waals surface area contributed by atoms with E-state index in [1.807, 2.05) is 0 Å². The van der Waals surface area contributed by atoms with E-state index in [1.165, 1.54) is 205 Å².